The van der Waals surface area contributed by atoms with E-state index in [0.717, 1.165) is 5.56 Å². The standard InChI is InChI=1S/C34H39FN2O5/c1-8-19-36-20-26-28(35)23(2)27(31(38)41-25-17-13-10-14-18-25)30(40-21-24-15-11-9-12-16-24)29(26)37(22-34(36,6)7)32(39)42-33(3,4)5/h8-18H,1,19-22H2,2-7H3. The molecule has 0 radical (unpaired) electrons. The van der Waals surface area contributed by atoms with E-state index in [9.17, 15) is 9.59 Å². The number of carbonyl (C=O) groups is 2. The molecule has 222 valence electrons. The van der Waals surface area contributed by atoms with Crippen molar-refractivity contribution in [3.05, 3.63) is 101 Å². The Morgan fingerprint density at radius 2 is 1.67 bits per heavy atom. The zero-order chi connectivity index (χ0) is 30.7. The fourth-order valence-corrected chi connectivity index (χ4v) is 4.97. The van der Waals surface area contributed by atoms with Gasteiger partial charge >= 0.3 is 12.1 Å². The van der Waals surface area contributed by atoms with Gasteiger partial charge in [-0.05, 0) is 59.2 Å². The minimum absolute atomic E-state index is 0.0656. The first kappa shape index (κ1) is 30.8. The van der Waals surface area contributed by atoms with Gasteiger partial charge in [0, 0.05) is 36.3 Å². The molecule has 7 nitrogen and oxygen atoms in total. The quantitative estimate of drug-likeness (QED) is 0.166. The lowest BCUT2D eigenvalue weighted by atomic mass is 9.98. The molecule has 3 aromatic rings. The van der Waals surface area contributed by atoms with Gasteiger partial charge in [-0.3, -0.25) is 9.80 Å². The second kappa shape index (κ2) is 12.4. The van der Waals surface area contributed by atoms with Gasteiger partial charge in [0.2, 0.25) is 0 Å². The number of amides is 1. The first-order chi connectivity index (χ1) is 19.8. The first-order valence-corrected chi connectivity index (χ1v) is 14.0. The van der Waals surface area contributed by atoms with E-state index in [1.807, 2.05) is 49.1 Å². The van der Waals surface area contributed by atoms with Gasteiger partial charge in [0.1, 0.15) is 29.3 Å². The van der Waals surface area contributed by atoms with Crippen LogP contribution in [0.15, 0.2) is 73.3 Å². The summed E-state index contributed by atoms with van der Waals surface area (Å²) in [4.78, 5) is 31.0. The van der Waals surface area contributed by atoms with E-state index in [1.54, 1.807) is 57.2 Å². The highest BCUT2D eigenvalue weighted by Crippen LogP contribution is 2.45. The van der Waals surface area contributed by atoms with Crippen LogP contribution in [0.5, 0.6) is 11.5 Å². The predicted octanol–water partition coefficient (Wildman–Crippen LogP) is 7.45. The normalized spacial score (nSPS) is 14.9. The van der Waals surface area contributed by atoms with E-state index in [-0.39, 0.29) is 47.8 Å². The summed E-state index contributed by atoms with van der Waals surface area (Å²) in [6.07, 6.45) is 1.07. The molecule has 8 heteroatoms. The molecule has 1 aliphatic heterocycles. The van der Waals surface area contributed by atoms with Gasteiger partial charge in [-0.2, -0.15) is 0 Å². The molecule has 0 unspecified atom stereocenters. The van der Waals surface area contributed by atoms with Crippen LogP contribution in [0.3, 0.4) is 0 Å². The Morgan fingerprint density at radius 3 is 2.26 bits per heavy atom. The van der Waals surface area contributed by atoms with Gasteiger partial charge in [-0.1, -0.05) is 54.6 Å². The summed E-state index contributed by atoms with van der Waals surface area (Å²) >= 11 is 0. The number of ether oxygens (including phenoxy) is 3. The fourth-order valence-electron chi connectivity index (χ4n) is 4.97. The van der Waals surface area contributed by atoms with E-state index < -0.39 is 29.0 Å². The molecule has 0 saturated heterocycles. The van der Waals surface area contributed by atoms with Crippen molar-refractivity contribution in [2.75, 3.05) is 18.0 Å². The molecule has 0 bridgehead atoms. The summed E-state index contributed by atoms with van der Waals surface area (Å²) in [5, 5.41) is 0. The second-order valence-electron chi connectivity index (χ2n) is 12.0. The van der Waals surface area contributed by atoms with Crippen molar-refractivity contribution in [3.8, 4) is 11.5 Å². The Hall–Kier alpha value is -4.17. The summed E-state index contributed by atoms with van der Waals surface area (Å²) in [6, 6.07) is 18.0. The molecule has 1 aliphatic rings. The van der Waals surface area contributed by atoms with E-state index in [1.165, 1.54) is 11.8 Å². The number of hydrogen-bond acceptors (Lipinski definition) is 6. The molecule has 1 heterocycles. The minimum atomic E-state index is -0.822. The Kier molecular flexibility index (Phi) is 9.06. The van der Waals surface area contributed by atoms with E-state index in [0.29, 0.717) is 12.3 Å². The van der Waals surface area contributed by atoms with Crippen LogP contribution in [-0.4, -0.2) is 41.2 Å². The highest BCUT2D eigenvalue weighted by Gasteiger charge is 2.42. The molecule has 0 fully saturated rings. The summed E-state index contributed by atoms with van der Waals surface area (Å²) in [5.74, 6) is -1.04. The number of carbonyl (C=O) groups excluding carboxylic acids is 2. The number of fused-ring (bicyclic) bond motifs is 1. The minimum Gasteiger partial charge on any atom is -0.486 e. The molecular weight excluding hydrogens is 535 g/mol. The molecule has 0 aromatic heterocycles. The van der Waals surface area contributed by atoms with Crippen molar-refractivity contribution in [3.63, 3.8) is 0 Å². The van der Waals surface area contributed by atoms with Crippen LogP contribution < -0.4 is 14.4 Å². The Bertz CT molecular complexity index is 1450. The van der Waals surface area contributed by atoms with Gasteiger partial charge in [0.25, 0.3) is 0 Å². The summed E-state index contributed by atoms with van der Waals surface area (Å²) in [5.41, 5.74) is -0.242. The van der Waals surface area contributed by atoms with Gasteiger partial charge in [0.15, 0.2) is 5.75 Å². The lowest BCUT2D eigenvalue weighted by Gasteiger charge is -2.38. The molecule has 1 amide bonds. The lowest BCUT2D eigenvalue weighted by molar-refractivity contribution is 0.0547. The number of esters is 1. The molecule has 0 saturated carbocycles. The molecule has 3 aromatic carbocycles. The number of hydrogen-bond donors (Lipinski definition) is 0. The van der Waals surface area contributed by atoms with E-state index in [2.05, 4.69) is 6.58 Å². The molecule has 0 aliphatic carbocycles. The van der Waals surface area contributed by atoms with Crippen LogP contribution in [0.2, 0.25) is 0 Å². The number of para-hydroxylation sites is 1. The Labute approximate surface area is 247 Å². The van der Waals surface area contributed by atoms with Gasteiger partial charge < -0.3 is 14.2 Å². The molecule has 0 atom stereocenters. The largest absolute Gasteiger partial charge is 0.486 e. The van der Waals surface area contributed by atoms with Crippen LogP contribution in [0.25, 0.3) is 0 Å². The fraction of sp³-hybridized carbons (Fsp3) is 0.353. The summed E-state index contributed by atoms with van der Waals surface area (Å²) < 4.78 is 34.4. The third kappa shape index (κ3) is 6.82. The SMILES string of the molecule is C=CCN1Cc2c(F)c(C)c(C(=O)Oc3ccccc3)c(OCc3ccccc3)c2N(C(=O)OC(C)(C)C)CC1(C)C. The highest BCUT2D eigenvalue weighted by molar-refractivity contribution is 6.01. The van der Waals surface area contributed by atoms with Crippen molar-refractivity contribution < 1.29 is 28.2 Å². The smallest absolute Gasteiger partial charge is 0.415 e. The molecule has 0 N–H and O–H groups in total. The highest BCUT2D eigenvalue weighted by atomic mass is 19.1. The second-order valence-corrected chi connectivity index (χ2v) is 12.0. The molecular formula is C34H39FN2O5. The monoisotopic (exact) mass is 574 g/mol. The van der Waals surface area contributed by atoms with Gasteiger partial charge in [-0.25, -0.2) is 14.0 Å². The Balaban J connectivity index is 1.98. The van der Waals surface area contributed by atoms with Crippen LogP contribution in [0, 0.1) is 12.7 Å². The molecule has 0 spiro atoms. The average molecular weight is 575 g/mol. The number of halogens is 1. The third-order valence-electron chi connectivity index (χ3n) is 7.06. The number of anilines is 1. The number of rotatable bonds is 7. The topological polar surface area (TPSA) is 68.3 Å². The average Bonchev–Trinajstić information content (AvgIpc) is 3.04. The molecule has 4 rings (SSSR count). The zero-order valence-electron chi connectivity index (χ0n) is 25.2. The number of nitrogens with zero attached hydrogens (tertiary/aromatic N) is 2. The van der Waals surface area contributed by atoms with Crippen LogP contribution in [0.1, 0.15) is 61.7 Å². The Morgan fingerprint density at radius 1 is 1.05 bits per heavy atom. The summed E-state index contributed by atoms with van der Waals surface area (Å²) in [6.45, 7) is 15.5. The van der Waals surface area contributed by atoms with Crippen molar-refractivity contribution in [1.82, 2.24) is 4.90 Å². The lowest BCUT2D eigenvalue weighted by Crippen LogP contribution is -2.51. The number of benzene rings is 3. The first-order valence-electron chi connectivity index (χ1n) is 14.0. The third-order valence-corrected chi connectivity index (χ3v) is 7.06. The van der Waals surface area contributed by atoms with Gasteiger partial charge in [-0.15, -0.1) is 6.58 Å². The summed E-state index contributed by atoms with van der Waals surface area (Å²) in [7, 11) is 0. The van der Waals surface area contributed by atoms with Crippen LogP contribution in [0.4, 0.5) is 14.9 Å². The van der Waals surface area contributed by atoms with E-state index in [4.69, 9.17) is 14.2 Å². The maximum Gasteiger partial charge on any atom is 0.415 e. The maximum atomic E-state index is 16.5. The van der Waals surface area contributed by atoms with Gasteiger partial charge in [0.05, 0.1) is 5.69 Å². The van der Waals surface area contributed by atoms with Crippen LogP contribution in [-0.2, 0) is 17.9 Å². The predicted molar refractivity (Wildman–Crippen MR) is 162 cm³/mol. The van der Waals surface area contributed by atoms with Crippen molar-refractivity contribution in [1.29, 1.82) is 0 Å². The molecule has 42 heavy (non-hydrogen) atoms. The zero-order valence-corrected chi connectivity index (χ0v) is 25.2. The van der Waals surface area contributed by atoms with Crippen molar-refractivity contribution in [2.24, 2.45) is 0 Å². The van der Waals surface area contributed by atoms with Crippen molar-refractivity contribution >= 4 is 17.7 Å². The van der Waals surface area contributed by atoms with Crippen LogP contribution >= 0.6 is 0 Å². The maximum absolute atomic E-state index is 16.5. The van der Waals surface area contributed by atoms with Crippen molar-refractivity contribution in [2.45, 2.75) is 65.8 Å². The van der Waals surface area contributed by atoms with E-state index >= 15 is 4.39 Å².